The molecule has 2 aliphatic carbocycles. The summed E-state index contributed by atoms with van der Waals surface area (Å²) in [6.07, 6.45) is 2.27. The summed E-state index contributed by atoms with van der Waals surface area (Å²) < 4.78 is 5.51. The van der Waals surface area contributed by atoms with Crippen molar-refractivity contribution in [1.82, 2.24) is 10.2 Å². The van der Waals surface area contributed by atoms with E-state index >= 15 is 0 Å². The SMILES string of the molecule is CC(CN(C)C(=O)C(CC(=O)O)NC(=O)OCC1c2ccccc2-c2ccccc21)C1CCC1. The van der Waals surface area contributed by atoms with Crippen LogP contribution in [0, 0.1) is 11.8 Å². The number of hydrogen-bond donors (Lipinski definition) is 2. The molecule has 2 aliphatic rings. The lowest BCUT2D eigenvalue weighted by molar-refractivity contribution is -0.142. The average molecular weight is 465 g/mol. The van der Waals surface area contributed by atoms with E-state index in [0.29, 0.717) is 18.4 Å². The molecule has 2 atom stereocenters. The maximum absolute atomic E-state index is 13.0. The van der Waals surface area contributed by atoms with Crippen LogP contribution < -0.4 is 5.32 Å². The third-order valence-electron chi connectivity index (χ3n) is 7.21. The standard InChI is InChI=1S/C27H32N2O5/c1-17(18-8-7-9-18)15-29(2)26(32)24(14-25(30)31)28-27(33)34-16-23-21-12-5-3-10-19(21)20-11-4-6-13-22(20)23/h3-6,10-13,17-18,23-24H,7-9,14-16H2,1-2H3,(H,28,33)(H,30,31). The van der Waals surface area contributed by atoms with Crippen molar-refractivity contribution in [2.75, 3.05) is 20.2 Å². The van der Waals surface area contributed by atoms with Crippen molar-refractivity contribution >= 4 is 18.0 Å². The van der Waals surface area contributed by atoms with E-state index < -0.39 is 30.4 Å². The number of benzene rings is 2. The zero-order chi connectivity index (χ0) is 24.2. The minimum atomic E-state index is -1.17. The quantitative estimate of drug-likeness (QED) is 0.578. The molecule has 34 heavy (non-hydrogen) atoms. The predicted octanol–water partition coefficient (Wildman–Crippen LogP) is 4.26. The summed E-state index contributed by atoms with van der Waals surface area (Å²) in [7, 11) is 1.66. The smallest absolute Gasteiger partial charge is 0.407 e. The Bertz CT molecular complexity index is 1020. The number of carboxylic acid groups (broad SMARTS) is 1. The molecule has 180 valence electrons. The van der Waals surface area contributed by atoms with Gasteiger partial charge >= 0.3 is 12.1 Å². The fourth-order valence-corrected chi connectivity index (χ4v) is 5.10. The second-order valence-corrected chi connectivity index (χ2v) is 9.51. The number of amides is 2. The third-order valence-corrected chi connectivity index (χ3v) is 7.21. The van der Waals surface area contributed by atoms with Crippen LogP contribution in [-0.4, -0.2) is 54.2 Å². The van der Waals surface area contributed by atoms with Crippen molar-refractivity contribution in [3.63, 3.8) is 0 Å². The molecule has 0 saturated heterocycles. The number of nitrogens with zero attached hydrogens (tertiary/aromatic N) is 1. The van der Waals surface area contributed by atoms with Gasteiger partial charge in [0.2, 0.25) is 5.91 Å². The molecule has 0 radical (unpaired) electrons. The van der Waals surface area contributed by atoms with Crippen molar-refractivity contribution < 1.29 is 24.2 Å². The van der Waals surface area contributed by atoms with Gasteiger partial charge in [0.1, 0.15) is 12.6 Å². The van der Waals surface area contributed by atoms with Crippen LogP contribution in [0.15, 0.2) is 48.5 Å². The second kappa shape index (κ2) is 10.3. The van der Waals surface area contributed by atoms with Gasteiger partial charge in [0.05, 0.1) is 6.42 Å². The number of carboxylic acids is 1. The van der Waals surface area contributed by atoms with Gasteiger partial charge in [-0.3, -0.25) is 9.59 Å². The van der Waals surface area contributed by atoms with Crippen LogP contribution in [-0.2, 0) is 14.3 Å². The first-order valence-corrected chi connectivity index (χ1v) is 11.9. The monoisotopic (exact) mass is 464 g/mol. The Labute approximate surface area is 200 Å². The van der Waals surface area contributed by atoms with Crippen molar-refractivity contribution in [3.8, 4) is 11.1 Å². The van der Waals surface area contributed by atoms with Gasteiger partial charge in [-0.15, -0.1) is 0 Å². The normalized spacial score (nSPS) is 16.5. The highest BCUT2D eigenvalue weighted by Gasteiger charge is 2.32. The molecular weight excluding hydrogens is 432 g/mol. The van der Waals surface area contributed by atoms with E-state index in [4.69, 9.17) is 4.74 Å². The van der Waals surface area contributed by atoms with Gasteiger partial charge in [-0.05, 0) is 34.1 Å². The maximum atomic E-state index is 13.0. The Morgan fingerprint density at radius 3 is 2.18 bits per heavy atom. The number of carbonyl (C=O) groups is 3. The van der Waals surface area contributed by atoms with Crippen LogP contribution in [0.1, 0.15) is 49.7 Å². The Hall–Kier alpha value is -3.35. The van der Waals surface area contributed by atoms with E-state index in [1.807, 2.05) is 36.4 Å². The highest BCUT2D eigenvalue weighted by Crippen LogP contribution is 2.44. The van der Waals surface area contributed by atoms with Crippen LogP contribution in [0.5, 0.6) is 0 Å². The summed E-state index contributed by atoms with van der Waals surface area (Å²) >= 11 is 0. The van der Waals surface area contributed by atoms with Crippen LogP contribution >= 0.6 is 0 Å². The highest BCUT2D eigenvalue weighted by molar-refractivity contribution is 5.89. The number of likely N-dealkylation sites (N-methyl/N-ethyl adjacent to an activating group) is 1. The Morgan fingerprint density at radius 2 is 1.65 bits per heavy atom. The number of alkyl carbamates (subject to hydrolysis) is 1. The van der Waals surface area contributed by atoms with E-state index in [9.17, 15) is 19.5 Å². The number of rotatable bonds is 9. The fourth-order valence-electron chi connectivity index (χ4n) is 5.10. The summed E-state index contributed by atoms with van der Waals surface area (Å²) in [5.74, 6) is -0.747. The minimum Gasteiger partial charge on any atom is -0.481 e. The molecule has 2 aromatic rings. The number of hydrogen-bond acceptors (Lipinski definition) is 4. The van der Waals surface area contributed by atoms with E-state index in [1.165, 1.54) is 24.2 Å². The molecule has 1 fully saturated rings. The van der Waals surface area contributed by atoms with Crippen molar-refractivity contribution in [2.24, 2.45) is 11.8 Å². The first-order chi connectivity index (χ1) is 16.3. The van der Waals surface area contributed by atoms with E-state index in [0.717, 1.165) is 22.3 Å². The second-order valence-electron chi connectivity index (χ2n) is 9.51. The molecule has 0 bridgehead atoms. The number of nitrogens with one attached hydrogen (secondary N) is 1. The molecule has 2 N–H and O–H groups in total. The molecular formula is C27H32N2O5. The summed E-state index contributed by atoms with van der Waals surface area (Å²) in [6, 6.07) is 14.9. The molecule has 7 nitrogen and oxygen atoms in total. The maximum Gasteiger partial charge on any atom is 0.407 e. The number of carbonyl (C=O) groups excluding carboxylic acids is 2. The Kier molecular flexibility index (Phi) is 7.20. The topological polar surface area (TPSA) is 95.9 Å². The molecule has 2 unspecified atom stereocenters. The lowest BCUT2D eigenvalue weighted by Gasteiger charge is -2.34. The van der Waals surface area contributed by atoms with Crippen LogP contribution in [0.4, 0.5) is 4.79 Å². The van der Waals surface area contributed by atoms with Gasteiger partial charge < -0.3 is 20.1 Å². The molecule has 0 aliphatic heterocycles. The van der Waals surface area contributed by atoms with Crippen LogP contribution in [0.25, 0.3) is 11.1 Å². The van der Waals surface area contributed by atoms with Gasteiger partial charge in [-0.25, -0.2) is 4.79 Å². The number of fused-ring (bicyclic) bond motifs is 3. The van der Waals surface area contributed by atoms with Crippen molar-refractivity contribution in [1.29, 1.82) is 0 Å². The Morgan fingerprint density at radius 1 is 1.06 bits per heavy atom. The van der Waals surface area contributed by atoms with E-state index in [1.54, 1.807) is 7.05 Å². The van der Waals surface area contributed by atoms with Gasteiger partial charge in [0.15, 0.2) is 0 Å². The lowest BCUT2D eigenvalue weighted by atomic mass is 9.76. The van der Waals surface area contributed by atoms with Crippen LogP contribution in [0.2, 0.25) is 0 Å². The average Bonchev–Trinajstić information content (AvgIpc) is 3.09. The van der Waals surface area contributed by atoms with E-state index in [-0.39, 0.29) is 12.5 Å². The molecule has 0 aromatic heterocycles. The summed E-state index contributed by atoms with van der Waals surface area (Å²) in [5.41, 5.74) is 4.40. The van der Waals surface area contributed by atoms with Crippen molar-refractivity contribution in [3.05, 3.63) is 59.7 Å². The fraction of sp³-hybridized carbons (Fsp3) is 0.444. The molecule has 1 saturated carbocycles. The Balaban J connectivity index is 1.38. The molecule has 0 heterocycles. The molecule has 7 heteroatoms. The van der Waals surface area contributed by atoms with Gasteiger partial charge in [0, 0.05) is 19.5 Å². The van der Waals surface area contributed by atoms with Gasteiger partial charge in [-0.2, -0.15) is 0 Å². The number of aliphatic carboxylic acids is 1. The molecule has 0 spiro atoms. The van der Waals surface area contributed by atoms with Crippen LogP contribution in [0.3, 0.4) is 0 Å². The van der Waals surface area contributed by atoms with Gasteiger partial charge in [-0.1, -0.05) is 74.7 Å². The van der Waals surface area contributed by atoms with Crippen molar-refractivity contribution in [2.45, 2.75) is 44.6 Å². The predicted molar refractivity (Wildman–Crippen MR) is 128 cm³/mol. The zero-order valence-electron chi connectivity index (χ0n) is 19.7. The zero-order valence-corrected chi connectivity index (χ0v) is 19.7. The summed E-state index contributed by atoms with van der Waals surface area (Å²) in [6.45, 7) is 2.74. The molecule has 4 rings (SSSR count). The number of ether oxygens (including phenoxy) is 1. The molecule has 2 aromatic carbocycles. The molecule has 2 amide bonds. The van der Waals surface area contributed by atoms with E-state index in [2.05, 4.69) is 24.4 Å². The summed E-state index contributed by atoms with van der Waals surface area (Å²) in [4.78, 5) is 38.5. The minimum absolute atomic E-state index is 0.0996. The first-order valence-electron chi connectivity index (χ1n) is 11.9. The van der Waals surface area contributed by atoms with Gasteiger partial charge in [0.25, 0.3) is 0 Å². The largest absolute Gasteiger partial charge is 0.481 e. The first kappa shape index (κ1) is 23.8. The highest BCUT2D eigenvalue weighted by atomic mass is 16.5. The summed E-state index contributed by atoms with van der Waals surface area (Å²) in [5, 5.41) is 11.8. The lowest BCUT2D eigenvalue weighted by Crippen LogP contribution is -2.50. The third kappa shape index (κ3) is 5.08.